The fourth-order valence-electron chi connectivity index (χ4n) is 3.05. The second-order valence-electron chi connectivity index (χ2n) is 6.54. The number of hydrogen-bond acceptors (Lipinski definition) is 6. The highest BCUT2D eigenvalue weighted by atomic mass is 32.2. The van der Waals surface area contributed by atoms with Gasteiger partial charge < -0.3 is 10.1 Å². The van der Waals surface area contributed by atoms with Gasteiger partial charge in [0.25, 0.3) is 0 Å². The van der Waals surface area contributed by atoms with Crippen molar-refractivity contribution in [3.8, 4) is 17.0 Å². The van der Waals surface area contributed by atoms with Crippen LogP contribution in [0.25, 0.3) is 16.9 Å². The van der Waals surface area contributed by atoms with E-state index in [0.29, 0.717) is 23.8 Å². The van der Waals surface area contributed by atoms with Gasteiger partial charge in [0.2, 0.25) is 11.1 Å². The number of nitrogens with one attached hydrogen (secondary N) is 1. The molecule has 0 aliphatic rings. The average molecular weight is 420 g/mol. The van der Waals surface area contributed by atoms with E-state index in [0.717, 1.165) is 22.6 Å². The molecule has 0 atom stereocenters. The Kier molecular flexibility index (Phi) is 6.24. The molecular weight excluding hydrogens is 398 g/mol. The summed E-state index contributed by atoms with van der Waals surface area (Å²) in [4.78, 5) is 12.3. The van der Waals surface area contributed by atoms with Crippen LogP contribution in [0, 0.1) is 0 Å². The highest BCUT2D eigenvalue weighted by Gasteiger charge is 2.12. The average Bonchev–Trinajstić information content (AvgIpc) is 3.21. The van der Waals surface area contributed by atoms with E-state index < -0.39 is 0 Å². The van der Waals surface area contributed by atoms with Crippen LogP contribution in [0.1, 0.15) is 5.56 Å². The zero-order chi connectivity index (χ0) is 20.8. The standard InChI is InChI=1S/C22H21N5O2S/c1-29-19-10-6-5-9-17(19)13-14-23-21(28)15-30-22-25-24-20-12-11-18(26-27(20)22)16-7-3-2-4-8-16/h2-12H,13-15H2,1H3,(H,23,28). The minimum Gasteiger partial charge on any atom is -0.496 e. The number of amides is 1. The second-order valence-corrected chi connectivity index (χ2v) is 7.48. The highest BCUT2D eigenvalue weighted by Crippen LogP contribution is 2.20. The first kappa shape index (κ1) is 19.9. The van der Waals surface area contributed by atoms with Gasteiger partial charge >= 0.3 is 0 Å². The van der Waals surface area contributed by atoms with E-state index in [1.807, 2.05) is 66.7 Å². The number of benzene rings is 2. The van der Waals surface area contributed by atoms with Crippen LogP contribution in [0.2, 0.25) is 0 Å². The molecule has 30 heavy (non-hydrogen) atoms. The van der Waals surface area contributed by atoms with E-state index >= 15 is 0 Å². The number of nitrogens with zero attached hydrogens (tertiary/aromatic N) is 4. The lowest BCUT2D eigenvalue weighted by atomic mass is 10.1. The molecule has 1 amide bonds. The van der Waals surface area contributed by atoms with Crippen LogP contribution in [-0.2, 0) is 11.2 Å². The molecule has 0 aliphatic heterocycles. The van der Waals surface area contributed by atoms with Gasteiger partial charge in [-0.15, -0.1) is 10.2 Å². The maximum atomic E-state index is 12.3. The molecule has 2 aromatic heterocycles. The van der Waals surface area contributed by atoms with E-state index in [4.69, 9.17) is 4.74 Å². The van der Waals surface area contributed by atoms with Gasteiger partial charge in [0.1, 0.15) is 5.75 Å². The third-order valence-corrected chi connectivity index (χ3v) is 5.46. The Morgan fingerprint density at radius 1 is 1.03 bits per heavy atom. The molecular formula is C22H21N5O2S. The number of carbonyl (C=O) groups excluding carboxylic acids is 1. The van der Waals surface area contributed by atoms with Crippen molar-refractivity contribution < 1.29 is 9.53 Å². The molecule has 0 radical (unpaired) electrons. The molecule has 8 heteroatoms. The molecule has 2 aromatic carbocycles. The Balaban J connectivity index is 1.36. The lowest BCUT2D eigenvalue weighted by Gasteiger charge is -2.09. The van der Waals surface area contributed by atoms with Crippen LogP contribution >= 0.6 is 11.8 Å². The van der Waals surface area contributed by atoms with Crippen LogP contribution in [0.15, 0.2) is 71.9 Å². The van der Waals surface area contributed by atoms with E-state index in [2.05, 4.69) is 20.6 Å². The summed E-state index contributed by atoms with van der Waals surface area (Å²) in [5, 5.41) is 16.5. The Morgan fingerprint density at radius 2 is 1.83 bits per heavy atom. The third kappa shape index (κ3) is 4.60. The summed E-state index contributed by atoms with van der Waals surface area (Å²) < 4.78 is 7.02. The fraction of sp³-hybridized carbons (Fsp3) is 0.182. The zero-order valence-corrected chi connectivity index (χ0v) is 17.3. The van der Waals surface area contributed by atoms with Crippen LogP contribution in [0.4, 0.5) is 0 Å². The first-order chi connectivity index (χ1) is 14.7. The second kappa shape index (κ2) is 9.41. The van der Waals surface area contributed by atoms with Crippen molar-refractivity contribution >= 4 is 23.3 Å². The quantitative estimate of drug-likeness (QED) is 0.442. The molecule has 0 bridgehead atoms. The first-order valence-corrected chi connectivity index (χ1v) is 10.5. The third-order valence-electron chi connectivity index (χ3n) is 4.55. The maximum Gasteiger partial charge on any atom is 0.230 e. The van der Waals surface area contributed by atoms with E-state index in [1.54, 1.807) is 11.6 Å². The molecule has 1 N–H and O–H groups in total. The summed E-state index contributed by atoms with van der Waals surface area (Å²) in [6, 6.07) is 21.5. The first-order valence-electron chi connectivity index (χ1n) is 9.54. The van der Waals surface area contributed by atoms with Gasteiger partial charge in [0.15, 0.2) is 5.65 Å². The Bertz CT molecular complexity index is 1150. The minimum atomic E-state index is -0.0640. The Labute approximate surface area is 178 Å². The minimum absolute atomic E-state index is 0.0640. The molecule has 0 fully saturated rings. The normalized spacial score (nSPS) is 10.8. The number of rotatable bonds is 8. The molecule has 0 unspecified atom stereocenters. The lowest BCUT2D eigenvalue weighted by Crippen LogP contribution is -2.27. The van der Waals surface area contributed by atoms with Crippen molar-refractivity contribution in [3.05, 3.63) is 72.3 Å². The lowest BCUT2D eigenvalue weighted by molar-refractivity contribution is -0.118. The van der Waals surface area contributed by atoms with Crippen molar-refractivity contribution in [1.29, 1.82) is 0 Å². The van der Waals surface area contributed by atoms with Gasteiger partial charge in [-0.3, -0.25) is 4.79 Å². The molecule has 2 heterocycles. The smallest absolute Gasteiger partial charge is 0.230 e. The number of hydrogen-bond donors (Lipinski definition) is 1. The highest BCUT2D eigenvalue weighted by molar-refractivity contribution is 7.99. The molecule has 0 spiro atoms. The number of aromatic nitrogens is 4. The Morgan fingerprint density at radius 3 is 2.67 bits per heavy atom. The summed E-state index contributed by atoms with van der Waals surface area (Å²) in [7, 11) is 1.65. The SMILES string of the molecule is COc1ccccc1CCNC(=O)CSc1nnc2ccc(-c3ccccc3)nn12. The van der Waals surface area contributed by atoms with Crippen molar-refractivity contribution in [3.63, 3.8) is 0 Å². The topological polar surface area (TPSA) is 81.4 Å². The summed E-state index contributed by atoms with van der Waals surface area (Å²) >= 11 is 1.31. The largest absolute Gasteiger partial charge is 0.496 e. The maximum absolute atomic E-state index is 12.3. The predicted molar refractivity (Wildman–Crippen MR) is 117 cm³/mol. The van der Waals surface area contributed by atoms with Crippen molar-refractivity contribution in [2.24, 2.45) is 0 Å². The molecule has 0 aliphatic carbocycles. The van der Waals surface area contributed by atoms with Crippen molar-refractivity contribution in [1.82, 2.24) is 25.1 Å². The molecule has 4 rings (SSSR count). The van der Waals surface area contributed by atoms with E-state index in [-0.39, 0.29) is 11.7 Å². The summed E-state index contributed by atoms with van der Waals surface area (Å²) in [6.45, 7) is 0.538. The summed E-state index contributed by atoms with van der Waals surface area (Å²) in [6.07, 6.45) is 0.705. The molecule has 0 saturated carbocycles. The van der Waals surface area contributed by atoms with Crippen LogP contribution in [0.3, 0.4) is 0 Å². The van der Waals surface area contributed by atoms with Crippen molar-refractivity contribution in [2.45, 2.75) is 11.6 Å². The number of thioether (sulfide) groups is 1. The fourth-order valence-corrected chi connectivity index (χ4v) is 3.77. The van der Waals surface area contributed by atoms with Crippen LogP contribution in [-0.4, -0.2) is 45.1 Å². The van der Waals surface area contributed by atoms with Crippen LogP contribution in [0.5, 0.6) is 5.75 Å². The van der Waals surface area contributed by atoms with Gasteiger partial charge in [0.05, 0.1) is 18.6 Å². The van der Waals surface area contributed by atoms with Crippen molar-refractivity contribution in [2.75, 3.05) is 19.4 Å². The van der Waals surface area contributed by atoms with Gasteiger partial charge in [0, 0.05) is 12.1 Å². The number of para-hydroxylation sites is 1. The van der Waals surface area contributed by atoms with Crippen LogP contribution < -0.4 is 10.1 Å². The monoisotopic (exact) mass is 419 g/mol. The van der Waals surface area contributed by atoms with E-state index in [1.165, 1.54) is 11.8 Å². The number of fused-ring (bicyclic) bond motifs is 1. The van der Waals surface area contributed by atoms with Gasteiger partial charge in [-0.25, -0.2) is 0 Å². The summed E-state index contributed by atoms with van der Waals surface area (Å²) in [5.41, 5.74) is 3.55. The molecule has 152 valence electrons. The number of carbonyl (C=O) groups is 1. The number of methoxy groups -OCH3 is 1. The van der Waals surface area contributed by atoms with Gasteiger partial charge in [-0.1, -0.05) is 60.3 Å². The number of ether oxygens (including phenoxy) is 1. The molecule has 4 aromatic rings. The Hall–Kier alpha value is -3.39. The zero-order valence-electron chi connectivity index (χ0n) is 16.5. The van der Waals surface area contributed by atoms with E-state index in [9.17, 15) is 4.79 Å². The molecule has 7 nitrogen and oxygen atoms in total. The summed E-state index contributed by atoms with van der Waals surface area (Å²) in [5.74, 6) is 1.01. The van der Waals surface area contributed by atoms with Gasteiger partial charge in [-0.05, 0) is 30.2 Å². The molecule has 0 saturated heterocycles. The van der Waals surface area contributed by atoms with Gasteiger partial charge in [-0.2, -0.15) is 9.61 Å². The predicted octanol–water partition coefficient (Wildman–Crippen LogP) is 3.25.